The van der Waals surface area contributed by atoms with Crippen LogP contribution in [-0.2, 0) is 64.1 Å². The van der Waals surface area contributed by atoms with Crippen LogP contribution in [0.2, 0.25) is 5.02 Å². The average Bonchev–Trinajstić information content (AvgIpc) is 1.67. The first-order valence-corrected chi connectivity index (χ1v) is 35.7. The fourth-order valence-corrected chi connectivity index (χ4v) is 19.6. The van der Waals surface area contributed by atoms with E-state index >= 15 is 0 Å². The van der Waals surface area contributed by atoms with E-state index in [1.807, 2.05) is 33.8 Å². The molecule has 0 unspecified atom stereocenters. The van der Waals surface area contributed by atoms with Gasteiger partial charge in [-0.3, -0.25) is 14.4 Å². The first-order valence-electron chi connectivity index (χ1n) is 31.0. The number of carbonyl (C=O) groups is 3. The first kappa shape index (κ1) is 69.9. The molecule has 3 aromatic heterocycles. The molecule has 95 heavy (non-hydrogen) atoms. The Balaban J connectivity index is 0.000000155. The topological polar surface area (TPSA) is 239 Å². The number of benzene rings is 6. The quantitative estimate of drug-likeness (QED) is 0.0813. The van der Waals surface area contributed by atoms with Crippen LogP contribution in [0.5, 0.6) is 0 Å². The summed E-state index contributed by atoms with van der Waals surface area (Å²) < 4.78 is 144. The van der Waals surface area contributed by atoms with E-state index in [2.05, 4.69) is 0 Å². The van der Waals surface area contributed by atoms with Gasteiger partial charge < -0.3 is 29.0 Å². The lowest BCUT2D eigenvalue weighted by Gasteiger charge is -2.32. The Bertz CT molecular complexity index is 4640. The number of aromatic nitrogens is 3. The summed E-state index contributed by atoms with van der Waals surface area (Å²) in [4.78, 5) is 34.6. The van der Waals surface area contributed by atoms with Gasteiger partial charge in [-0.2, -0.15) is 12.9 Å². The lowest BCUT2D eigenvalue weighted by molar-refractivity contribution is -0.138. The standard InChI is InChI=1S/C23H24ClFN2O4S.C23H24F2N2O4S.C23H25FN2O4S/c1-14-3-6-21(19(24)11-14)32(30,31)26-9-7-16(8-10-26)23-15(2)27(13-22(28)29)20-5-4-17(25)12-18(20)23;1-14-11-17(24)4-6-21(14)32(30,31)26-9-7-16(8-10-26)23-15(2)27(13-22(28)29)20-5-3-18(25)12-19(20)23;1-15-5-3-4-6-21(15)31(29,30)25-11-9-17(10-12-25)23-16(2)26(14-22(27)28)20-8-7-18(24)13-19(20)23/h2*3-6,11-12,16H,7-10,13H2,1-2H3,(H,28,29);3-8,13,17H,9-12,14H2,1-2H3,(H,27,28). The predicted molar refractivity (Wildman–Crippen MR) is 354 cm³/mol. The van der Waals surface area contributed by atoms with Gasteiger partial charge in [0.1, 0.15) is 47.8 Å². The van der Waals surface area contributed by atoms with Crippen molar-refractivity contribution in [3.63, 3.8) is 0 Å². The van der Waals surface area contributed by atoms with Crippen LogP contribution >= 0.6 is 11.6 Å². The number of halogens is 5. The summed E-state index contributed by atoms with van der Waals surface area (Å²) in [6, 6.07) is 28.5. The number of nitrogens with zero attached hydrogens (tertiary/aromatic N) is 6. The summed E-state index contributed by atoms with van der Waals surface area (Å²) in [5.74, 6) is -4.59. The third kappa shape index (κ3) is 14.3. The summed E-state index contributed by atoms with van der Waals surface area (Å²) >= 11 is 6.21. The van der Waals surface area contributed by atoms with E-state index in [0.717, 1.165) is 45.4 Å². The van der Waals surface area contributed by atoms with E-state index in [-0.39, 0.29) is 76.9 Å². The monoisotopic (exact) mass is 1380 g/mol. The molecule has 0 amide bonds. The molecule has 0 atom stereocenters. The van der Waals surface area contributed by atoms with Gasteiger partial charge in [0, 0.05) is 89.1 Å². The van der Waals surface area contributed by atoms with E-state index in [0.29, 0.717) is 113 Å². The van der Waals surface area contributed by atoms with Crippen molar-refractivity contribution in [1.82, 2.24) is 26.6 Å². The van der Waals surface area contributed by atoms with Crippen LogP contribution < -0.4 is 0 Å². The van der Waals surface area contributed by atoms with Crippen LogP contribution in [0.1, 0.15) is 107 Å². The second-order valence-corrected chi connectivity index (χ2v) is 30.7. The lowest BCUT2D eigenvalue weighted by Crippen LogP contribution is -2.38. The molecule has 0 bridgehead atoms. The smallest absolute Gasteiger partial charge is 0.323 e. The highest BCUT2D eigenvalue weighted by atomic mass is 35.5. The van der Waals surface area contributed by atoms with E-state index in [4.69, 9.17) is 11.6 Å². The number of hydrogen-bond acceptors (Lipinski definition) is 9. The Morgan fingerprint density at radius 2 is 0.716 bits per heavy atom. The number of carboxylic acids is 3. The Morgan fingerprint density at radius 1 is 0.411 bits per heavy atom. The molecule has 26 heteroatoms. The number of carboxylic acid groups (broad SMARTS) is 3. The zero-order valence-corrected chi connectivity index (χ0v) is 56.3. The molecule has 6 heterocycles. The maximum absolute atomic E-state index is 14.0. The summed E-state index contributed by atoms with van der Waals surface area (Å²) in [6.45, 7) is 11.9. The SMILES string of the molecule is Cc1cc(F)ccc1S(=O)(=O)N1CCC(c2c(C)n(CC(=O)O)c3ccc(F)cc23)CC1.Cc1ccc(S(=O)(=O)N2CCC(c3c(C)n(CC(=O)O)c4ccc(F)cc34)CC2)c(Cl)c1.Cc1ccccc1S(=O)(=O)N1CCC(c2c(C)n(CC(=O)O)c3ccc(F)cc23)CC1. The van der Waals surface area contributed by atoms with Gasteiger partial charge in [-0.1, -0.05) is 35.9 Å². The number of hydrogen-bond donors (Lipinski definition) is 3. The normalized spacial score (nSPS) is 16.0. The molecule has 3 aliphatic heterocycles. The van der Waals surface area contributed by atoms with Crippen molar-refractivity contribution >= 4 is 92.3 Å². The van der Waals surface area contributed by atoms with Crippen molar-refractivity contribution in [1.29, 1.82) is 0 Å². The highest BCUT2D eigenvalue weighted by Gasteiger charge is 2.37. The number of aliphatic carboxylic acids is 3. The zero-order chi connectivity index (χ0) is 68.7. The van der Waals surface area contributed by atoms with E-state index < -0.39 is 59.6 Å². The van der Waals surface area contributed by atoms with E-state index in [9.17, 15) is 72.5 Å². The minimum absolute atomic E-state index is 0.00529. The van der Waals surface area contributed by atoms with Crippen LogP contribution in [0.4, 0.5) is 17.6 Å². The molecule has 0 aliphatic carbocycles. The summed E-state index contributed by atoms with van der Waals surface area (Å²) in [5, 5.41) is 30.2. The lowest BCUT2D eigenvalue weighted by atomic mass is 9.88. The molecule has 6 aromatic carbocycles. The molecular formula is C69H73ClF4N6O12S3. The number of fused-ring (bicyclic) bond motifs is 3. The minimum Gasteiger partial charge on any atom is -0.480 e. The van der Waals surface area contributed by atoms with Crippen LogP contribution in [0.3, 0.4) is 0 Å². The second-order valence-electron chi connectivity index (χ2n) is 24.6. The molecule has 504 valence electrons. The first-order chi connectivity index (χ1) is 44.9. The third-order valence-corrected chi connectivity index (χ3v) is 25.1. The largest absolute Gasteiger partial charge is 0.480 e. The van der Waals surface area contributed by atoms with Crippen molar-refractivity contribution in [2.45, 2.75) is 132 Å². The molecule has 9 aromatic rings. The maximum Gasteiger partial charge on any atom is 0.323 e. The fourth-order valence-electron chi connectivity index (χ4n) is 14.1. The van der Waals surface area contributed by atoms with Crippen molar-refractivity contribution in [2.75, 3.05) is 39.3 Å². The Kier molecular flexibility index (Phi) is 20.6. The molecular weight excluding hydrogens is 1310 g/mol. The predicted octanol–water partition coefficient (Wildman–Crippen LogP) is 12.9. The van der Waals surface area contributed by atoms with E-state index in [1.165, 1.54) is 67.5 Å². The van der Waals surface area contributed by atoms with Gasteiger partial charge in [0.25, 0.3) is 0 Å². The molecule has 0 saturated carbocycles. The fraction of sp³-hybridized carbons (Fsp3) is 0.348. The van der Waals surface area contributed by atoms with Gasteiger partial charge in [-0.05, 0) is 222 Å². The second kappa shape index (κ2) is 28.0. The van der Waals surface area contributed by atoms with Gasteiger partial charge >= 0.3 is 17.9 Å². The highest BCUT2D eigenvalue weighted by molar-refractivity contribution is 7.89. The average molecular weight is 1390 g/mol. The molecule has 3 N–H and O–H groups in total. The van der Waals surface area contributed by atoms with Crippen molar-refractivity contribution in [3.8, 4) is 0 Å². The van der Waals surface area contributed by atoms with Crippen LogP contribution in [0, 0.1) is 64.8 Å². The van der Waals surface area contributed by atoms with Crippen LogP contribution in [-0.4, -0.2) is 124 Å². The molecule has 3 fully saturated rings. The molecule has 0 radical (unpaired) electrons. The Labute approximate surface area is 553 Å². The van der Waals surface area contributed by atoms with Gasteiger partial charge in [-0.25, -0.2) is 42.8 Å². The Hall–Kier alpha value is -7.91. The summed E-state index contributed by atoms with van der Waals surface area (Å²) in [6.07, 6.45) is 3.31. The molecule has 0 spiro atoms. The number of aryl methyl sites for hydroxylation is 3. The number of piperidine rings is 3. The third-order valence-electron chi connectivity index (χ3n) is 18.6. The van der Waals surface area contributed by atoms with E-state index in [1.54, 1.807) is 76.1 Å². The Morgan fingerprint density at radius 3 is 1.04 bits per heavy atom. The van der Waals surface area contributed by atoms with Gasteiger partial charge in [-0.15, -0.1) is 0 Å². The molecule has 3 aliphatic rings. The van der Waals surface area contributed by atoms with Crippen molar-refractivity contribution < 1.29 is 72.5 Å². The van der Waals surface area contributed by atoms with Crippen molar-refractivity contribution in [2.24, 2.45) is 0 Å². The highest BCUT2D eigenvalue weighted by Crippen LogP contribution is 2.43. The summed E-state index contributed by atoms with van der Waals surface area (Å²) in [7, 11) is -11.1. The zero-order valence-electron chi connectivity index (χ0n) is 53.1. The number of rotatable bonds is 15. The van der Waals surface area contributed by atoms with Gasteiger partial charge in [0.2, 0.25) is 30.1 Å². The minimum atomic E-state index is -3.76. The molecule has 3 saturated heterocycles. The van der Waals surface area contributed by atoms with Gasteiger partial charge in [0.05, 0.1) is 14.8 Å². The molecule has 18 nitrogen and oxygen atoms in total. The summed E-state index contributed by atoms with van der Waals surface area (Å²) in [5.41, 5.74) is 8.97. The van der Waals surface area contributed by atoms with Crippen LogP contribution in [0.15, 0.2) is 130 Å². The van der Waals surface area contributed by atoms with Gasteiger partial charge in [0.15, 0.2) is 0 Å². The molecule has 12 rings (SSSR count). The van der Waals surface area contributed by atoms with Crippen LogP contribution in [0.25, 0.3) is 32.7 Å². The number of sulfonamides is 3. The maximum atomic E-state index is 14.0. The van der Waals surface area contributed by atoms with Crippen molar-refractivity contribution in [3.05, 3.63) is 194 Å².